The summed E-state index contributed by atoms with van der Waals surface area (Å²) in [5.74, 6) is -0.302. The van der Waals surface area contributed by atoms with Crippen molar-refractivity contribution >= 4 is 5.78 Å². The Kier molecular flexibility index (Phi) is 3.56. The van der Waals surface area contributed by atoms with Crippen LogP contribution in [-0.4, -0.2) is 5.78 Å². The van der Waals surface area contributed by atoms with Gasteiger partial charge in [0.1, 0.15) is 0 Å². The Labute approximate surface area is 88.1 Å². The first-order chi connectivity index (χ1) is 6.97. The number of halogens is 2. The van der Waals surface area contributed by atoms with Crippen molar-refractivity contribution in [3.05, 3.63) is 34.4 Å². The Balaban J connectivity index is 3.47. The van der Waals surface area contributed by atoms with Gasteiger partial charge < -0.3 is 0 Å². The van der Waals surface area contributed by atoms with Crippen LogP contribution in [0, 0.1) is 6.92 Å². The van der Waals surface area contributed by atoms with Crippen molar-refractivity contribution in [3.63, 3.8) is 0 Å². The summed E-state index contributed by atoms with van der Waals surface area (Å²) in [6.07, 6.45) is -2.07. The van der Waals surface area contributed by atoms with Gasteiger partial charge in [-0.3, -0.25) is 4.79 Å². The summed E-state index contributed by atoms with van der Waals surface area (Å²) in [5, 5.41) is 0. The van der Waals surface area contributed by atoms with Gasteiger partial charge in [-0.1, -0.05) is 18.6 Å². The van der Waals surface area contributed by atoms with Crippen LogP contribution in [0.2, 0.25) is 0 Å². The molecule has 0 spiro atoms. The predicted octanol–water partition coefficient (Wildman–Crippen LogP) is 3.70. The second-order valence-corrected chi connectivity index (χ2v) is 3.60. The summed E-state index contributed by atoms with van der Waals surface area (Å²) in [4.78, 5) is 11.3. The van der Waals surface area contributed by atoms with Gasteiger partial charge in [0, 0.05) is 11.1 Å². The molecular formula is C12H14F2O. The second-order valence-electron chi connectivity index (χ2n) is 3.60. The monoisotopic (exact) mass is 212 g/mol. The number of ketones is 1. The summed E-state index contributed by atoms with van der Waals surface area (Å²) in [7, 11) is 0. The highest BCUT2D eigenvalue weighted by Crippen LogP contribution is 2.28. The lowest BCUT2D eigenvalue weighted by Crippen LogP contribution is -2.05. The molecule has 1 aromatic rings. The van der Waals surface area contributed by atoms with Gasteiger partial charge in [0.2, 0.25) is 0 Å². The molecule has 0 saturated carbocycles. The highest BCUT2D eigenvalue weighted by atomic mass is 19.3. The highest BCUT2D eigenvalue weighted by molar-refractivity contribution is 5.96. The van der Waals surface area contributed by atoms with E-state index in [-0.39, 0.29) is 16.9 Å². The maximum absolute atomic E-state index is 12.8. The van der Waals surface area contributed by atoms with Gasteiger partial charge in [0.15, 0.2) is 5.78 Å². The van der Waals surface area contributed by atoms with Crippen molar-refractivity contribution < 1.29 is 13.6 Å². The zero-order valence-corrected chi connectivity index (χ0v) is 9.10. The number of alkyl halides is 2. The zero-order valence-electron chi connectivity index (χ0n) is 9.10. The van der Waals surface area contributed by atoms with Gasteiger partial charge in [-0.15, -0.1) is 0 Å². The van der Waals surface area contributed by atoms with E-state index in [2.05, 4.69) is 0 Å². The van der Waals surface area contributed by atoms with Crippen LogP contribution >= 0.6 is 0 Å². The van der Waals surface area contributed by atoms with Crippen LogP contribution in [0.25, 0.3) is 0 Å². The Bertz CT molecular complexity index is 383. The molecule has 0 radical (unpaired) electrons. The Morgan fingerprint density at radius 2 is 2.00 bits per heavy atom. The molecule has 0 unspecified atom stereocenters. The van der Waals surface area contributed by atoms with Crippen molar-refractivity contribution in [3.8, 4) is 0 Å². The average Bonchev–Trinajstić information content (AvgIpc) is 2.15. The van der Waals surface area contributed by atoms with Crippen LogP contribution in [0.15, 0.2) is 12.1 Å². The van der Waals surface area contributed by atoms with E-state index in [9.17, 15) is 13.6 Å². The number of Topliss-reactive ketones (excluding diaryl/α,β-unsaturated/α-hetero) is 1. The number of benzene rings is 1. The SMILES string of the molecule is CCc1cc(C)cc(C(C)=O)c1C(F)F. The summed E-state index contributed by atoms with van der Waals surface area (Å²) < 4.78 is 25.6. The third-order valence-electron chi connectivity index (χ3n) is 2.39. The van der Waals surface area contributed by atoms with E-state index >= 15 is 0 Å². The maximum Gasteiger partial charge on any atom is 0.264 e. The van der Waals surface area contributed by atoms with Crippen LogP contribution in [-0.2, 0) is 6.42 Å². The zero-order chi connectivity index (χ0) is 11.6. The summed E-state index contributed by atoms with van der Waals surface area (Å²) in [5.41, 5.74) is 1.47. The van der Waals surface area contributed by atoms with Crippen molar-refractivity contribution in [2.75, 3.05) is 0 Å². The van der Waals surface area contributed by atoms with E-state index in [0.717, 1.165) is 5.56 Å². The second kappa shape index (κ2) is 4.51. The fourth-order valence-electron chi connectivity index (χ4n) is 1.71. The van der Waals surface area contributed by atoms with Crippen molar-refractivity contribution in [2.24, 2.45) is 0 Å². The minimum absolute atomic E-state index is 0.101. The predicted molar refractivity (Wildman–Crippen MR) is 55.5 cm³/mol. The van der Waals surface area contributed by atoms with Gasteiger partial charge in [0.05, 0.1) is 0 Å². The standard InChI is InChI=1S/C12H14F2O/c1-4-9-5-7(2)6-10(8(3)15)11(9)12(13)14/h5-6,12H,4H2,1-3H3. The minimum atomic E-state index is -2.58. The molecule has 82 valence electrons. The van der Waals surface area contributed by atoms with E-state index < -0.39 is 6.43 Å². The number of hydrogen-bond donors (Lipinski definition) is 0. The molecule has 0 saturated heterocycles. The molecule has 1 nitrogen and oxygen atoms in total. The van der Waals surface area contributed by atoms with E-state index in [0.29, 0.717) is 12.0 Å². The fourth-order valence-corrected chi connectivity index (χ4v) is 1.71. The molecule has 0 fully saturated rings. The Morgan fingerprint density at radius 1 is 1.40 bits per heavy atom. The first-order valence-electron chi connectivity index (χ1n) is 4.89. The smallest absolute Gasteiger partial charge is 0.264 e. The summed E-state index contributed by atoms with van der Waals surface area (Å²) in [6, 6.07) is 3.25. The average molecular weight is 212 g/mol. The topological polar surface area (TPSA) is 17.1 Å². The quantitative estimate of drug-likeness (QED) is 0.698. The van der Waals surface area contributed by atoms with Crippen molar-refractivity contribution in [1.29, 1.82) is 0 Å². The van der Waals surface area contributed by atoms with Gasteiger partial charge >= 0.3 is 0 Å². The van der Waals surface area contributed by atoms with Crippen molar-refractivity contribution in [2.45, 2.75) is 33.6 Å². The molecule has 1 aromatic carbocycles. The summed E-state index contributed by atoms with van der Waals surface area (Å²) in [6.45, 7) is 4.94. The molecule has 0 N–H and O–H groups in total. The van der Waals surface area contributed by atoms with Crippen LogP contribution in [0.5, 0.6) is 0 Å². The molecule has 0 heterocycles. The molecule has 0 aliphatic rings. The molecule has 0 aliphatic heterocycles. The van der Waals surface area contributed by atoms with Gasteiger partial charge in [-0.25, -0.2) is 8.78 Å². The van der Waals surface area contributed by atoms with E-state index in [1.54, 1.807) is 13.0 Å². The van der Waals surface area contributed by atoms with Crippen LogP contribution in [0.3, 0.4) is 0 Å². The van der Waals surface area contributed by atoms with Crippen molar-refractivity contribution in [1.82, 2.24) is 0 Å². The summed E-state index contributed by atoms with van der Waals surface area (Å²) >= 11 is 0. The van der Waals surface area contributed by atoms with E-state index in [1.807, 2.05) is 6.92 Å². The van der Waals surface area contributed by atoms with E-state index in [4.69, 9.17) is 0 Å². The normalized spacial score (nSPS) is 10.8. The third-order valence-corrected chi connectivity index (χ3v) is 2.39. The highest BCUT2D eigenvalue weighted by Gasteiger charge is 2.19. The van der Waals surface area contributed by atoms with Gasteiger partial charge in [-0.2, -0.15) is 0 Å². The van der Waals surface area contributed by atoms with E-state index in [1.165, 1.54) is 13.0 Å². The van der Waals surface area contributed by atoms with Gasteiger partial charge in [-0.05, 0) is 31.9 Å². The molecule has 3 heteroatoms. The molecular weight excluding hydrogens is 198 g/mol. The fraction of sp³-hybridized carbons (Fsp3) is 0.417. The number of hydrogen-bond acceptors (Lipinski definition) is 1. The first kappa shape index (κ1) is 11.8. The minimum Gasteiger partial charge on any atom is -0.294 e. The largest absolute Gasteiger partial charge is 0.294 e. The number of aryl methyl sites for hydroxylation is 2. The molecule has 0 aliphatic carbocycles. The van der Waals surface area contributed by atoms with Crippen LogP contribution in [0.1, 0.15) is 47.3 Å². The van der Waals surface area contributed by atoms with Gasteiger partial charge in [0.25, 0.3) is 6.43 Å². The number of rotatable bonds is 3. The molecule has 15 heavy (non-hydrogen) atoms. The Morgan fingerprint density at radius 3 is 2.40 bits per heavy atom. The maximum atomic E-state index is 12.8. The van der Waals surface area contributed by atoms with Crippen LogP contribution in [0.4, 0.5) is 8.78 Å². The lowest BCUT2D eigenvalue weighted by atomic mass is 9.95. The molecule has 1 rings (SSSR count). The molecule has 0 bridgehead atoms. The van der Waals surface area contributed by atoms with Crippen LogP contribution < -0.4 is 0 Å². The lowest BCUT2D eigenvalue weighted by molar-refractivity contribution is 0.0998. The number of carbonyl (C=O) groups excluding carboxylic acids is 1. The Hall–Kier alpha value is -1.25. The number of carbonyl (C=O) groups is 1. The molecule has 0 amide bonds. The molecule has 0 atom stereocenters. The first-order valence-corrected chi connectivity index (χ1v) is 4.89. The third kappa shape index (κ3) is 2.41. The molecule has 0 aromatic heterocycles. The lowest BCUT2D eigenvalue weighted by Gasteiger charge is -2.12.